The van der Waals surface area contributed by atoms with Crippen molar-refractivity contribution in [2.75, 3.05) is 33.4 Å². The van der Waals surface area contributed by atoms with Crippen LogP contribution in [-0.4, -0.2) is 68.2 Å². The van der Waals surface area contributed by atoms with Gasteiger partial charge < -0.3 is 23.8 Å². The minimum absolute atomic E-state index is 0.00562. The number of hydrogen-bond acceptors (Lipinski definition) is 7. The van der Waals surface area contributed by atoms with Gasteiger partial charge in [-0.25, -0.2) is 0 Å². The second-order valence-corrected chi connectivity index (χ2v) is 18.6. The Kier molecular flexibility index (Phi) is 35.5. The number of carbonyl (C=O) groups is 2. The Balaban J connectivity index is 2.28. The highest BCUT2D eigenvalue weighted by Gasteiger charge is 2.40. The molecule has 1 unspecified atom stereocenters. The van der Waals surface area contributed by atoms with Gasteiger partial charge in [0, 0.05) is 38.3 Å². The summed E-state index contributed by atoms with van der Waals surface area (Å²) >= 11 is 0. The van der Waals surface area contributed by atoms with Gasteiger partial charge in [-0.15, -0.1) is 0 Å². The average molecular weight is 822 g/mol. The molecule has 0 aromatic heterocycles. The summed E-state index contributed by atoms with van der Waals surface area (Å²) in [5.41, 5.74) is 0. The van der Waals surface area contributed by atoms with E-state index in [0.717, 1.165) is 77.2 Å². The quantitative estimate of drug-likeness (QED) is 0.0448. The molecule has 58 heavy (non-hydrogen) atoms. The van der Waals surface area contributed by atoms with Crippen molar-refractivity contribution < 1.29 is 28.5 Å². The minimum atomic E-state index is -0.417. The van der Waals surface area contributed by atoms with Crippen molar-refractivity contribution in [2.45, 2.75) is 271 Å². The van der Waals surface area contributed by atoms with Crippen LogP contribution in [0.4, 0.5) is 0 Å². The van der Waals surface area contributed by atoms with Crippen molar-refractivity contribution in [3.63, 3.8) is 0 Å². The molecule has 0 saturated carbocycles. The van der Waals surface area contributed by atoms with Crippen molar-refractivity contribution in [1.29, 1.82) is 0 Å². The number of rotatable bonds is 42. The third-order valence-electron chi connectivity index (χ3n) is 12.9. The van der Waals surface area contributed by atoms with Gasteiger partial charge in [-0.3, -0.25) is 9.59 Å². The topological polar surface area (TPSA) is 74.3 Å². The Hall–Kier alpha value is -1.18. The maximum atomic E-state index is 12.3. The van der Waals surface area contributed by atoms with Gasteiger partial charge >= 0.3 is 11.9 Å². The van der Waals surface area contributed by atoms with E-state index >= 15 is 0 Å². The van der Waals surface area contributed by atoms with E-state index in [2.05, 4.69) is 53.5 Å². The van der Waals surface area contributed by atoms with Gasteiger partial charge in [-0.1, -0.05) is 169 Å². The Bertz CT molecular complexity index is 870. The summed E-state index contributed by atoms with van der Waals surface area (Å²) in [4.78, 5) is 27.0. The van der Waals surface area contributed by atoms with Crippen molar-refractivity contribution in [2.24, 2.45) is 11.8 Å². The van der Waals surface area contributed by atoms with Gasteiger partial charge in [0.05, 0.1) is 25.9 Å². The van der Waals surface area contributed by atoms with E-state index in [1.165, 1.54) is 128 Å². The highest BCUT2D eigenvalue weighted by atomic mass is 16.7. The zero-order valence-corrected chi connectivity index (χ0v) is 39.9. The molecular formula is C51H99NO6. The molecule has 1 heterocycles. The summed E-state index contributed by atoms with van der Waals surface area (Å²) in [6, 6.07) is 0.538. The van der Waals surface area contributed by atoms with E-state index < -0.39 is 5.79 Å². The van der Waals surface area contributed by atoms with Crippen LogP contribution in [0.5, 0.6) is 0 Å². The molecule has 0 aromatic rings. The number of esters is 2. The average Bonchev–Trinajstić information content (AvgIpc) is 3.62. The maximum absolute atomic E-state index is 12.3. The molecule has 0 amide bonds. The minimum Gasteiger partial charge on any atom is -0.466 e. The van der Waals surface area contributed by atoms with Gasteiger partial charge in [0.2, 0.25) is 0 Å². The van der Waals surface area contributed by atoms with Crippen molar-refractivity contribution >= 4 is 11.9 Å². The van der Waals surface area contributed by atoms with E-state index in [9.17, 15) is 9.59 Å². The summed E-state index contributed by atoms with van der Waals surface area (Å²) in [5, 5.41) is 0. The Labute approximate surface area is 361 Å². The first-order chi connectivity index (χ1) is 28.2. The number of carbonyl (C=O) groups excluding carboxylic acids is 2. The van der Waals surface area contributed by atoms with E-state index in [4.69, 9.17) is 18.9 Å². The third-order valence-corrected chi connectivity index (χ3v) is 12.9. The van der Waals surface area contributed by atoms with Crippen molar-refractivity contribution in [3.8, 4) is 0 Å². The Morgan fingerprint density at radius 1 is 0.569 bits per heavy atom. The van der Waals surface area contributed by atoms with Gasteiger partial charge in [0.25, 0.3) is 0 Å². The summed E-state index contributed by atoms with van der Waals surface area (Å²) in [7, 11) is 2.20. The molecule has 1 atom stereocenters. The van der Waals surface area contributed by atoms with Gasteiger partial charge in [0.15, 0.2) is 5.79 Å². The monoisotopic (exact) mass is 822 g/mol. The highest BCUT2D eigenvalue weighted by molar-refractivity contribution is 5.69. The summed E-state index contributed by atoms with van der Waals surface area (Å²) in [6.45, 7) is 16.5. The number of hydrogen-bond donors (Lipinski definition) is 0. The van der Waals surface area contributed by atoms with Gasteiger partial charge in [-0.2, -0.15) is 0 Å². The summed E-state index contributed by atoms with van der Waals surface area (Å²) in [5.74, 6) is 0.994. The zero-order valence-electron chi connectivity index (χ0n) is 39.9. The molecular weight excluding hydrogens is 723 g/mol. The molecule has 1 fully saturated rings. The van der Waals surface area contributed by atoms with Crippen LogP contribution in [0.1, 0.15) is 253 Å². The predicted octanol–water partition coefficient (Wildman–Crippen LogP) is 14.7. The summed E-state index contributed by atoms with van der Waals surface area (Å²) in [6.07, 6.45) is 37.7. The van der Waals surface area contributed by atoms with Crippen molar-refractivity contribution in [3.05, 3.63) is 0 Å². The van der Waals surface area contributed by atoms with E-state index in [0.29, 0.717) is 50.5 Å². The molecule has 7 nitrogen and oxygen atoms in total. The molecule has 0 bridgehead atoms. The molecule has 0 spiro atoms. The van der Waals surface area contributed by atoms with E-state index in [1.54, 1.807) is 0 Å². The third kappa shape index (κ3) is 29.9. The van der Waals surface area contributed by atoms with Crippen molar-refractivity contribution in [1.82, 2.24) is 4.90 Å². The highest BCUT2D eigenvalue weighted by Crippen LogP contribution is 2.36. The number of unbranched alkanes of at least 4 members (excludes halogenated alkanes) is 16. The fourth-order valence-electron chi connectivity index (χ4n) is 8.51. The molecule has 1 saturated heterocycles. The predicted molar refractivity (Wildman–Crippen MR) is 245 cm³/mol. The zero-order chi connectivity index (χ0) is 42.5. The first-order valence-electron chi connectivity index (χ1n) is 25.5. The van der Waals surface area contributed by atoms with Crippen LogP contribution >= 0.6 is 0 Å². The standard InChI is InChI=1S/C51H99NO6/c1-8-12-30-46(31-13-9-2)37-42-55-49(53)34-26-22-18-16-20-24-28-39-51(57-44-48(58-51)36-41-52(7)45(5)6)40-29-25-21-17-19-23-27-35-50(54)56-43-38-47(32-14-10-3)33-15-11-4/h45-48H,8-44H2,1-7H3. The summed E-state index contributed by atoms with van der Waals surface area (Å²) < 4.78 is 24.5. The fraction of sp³-hybridized carbons (Fsp3) is 0.961. The normalized spacial score (nSPS) is 15.4. The lowest BCUT2D eigenvalue weighted by molar-refractivity contribution is -0.180. The van der Waals surface area contributed by atoms with Crippen LogP contribution in [0.3, 0.4) is 0 Å². The largest absolute Gasteiger partial charge is 0.466 e. The van der Waals surface area contributed by atoms with Gasteiger partial charge in [0.1, 0.15) is 0 Å². The molecule has 7 heteroatoms. The van der Waals surface area contributed by atoms with Crippen LogP contribution in [0.2, 0.25) is 0 Å². The second kappa shape index (κ2) is 37.6. The second-order valence-electron chi connectivity index (χ2n) is 18.6. The Morgan fingerprint density at radius 3 is 1.33 bits per heavy atom. The molecule has 1 aliphatic rings. The lowest BCUT2D eigenvalue weighted by atomic mass is 9.93. The number of ether oxygens (including phenoxy) is 4. The van der Waals surface area contributed by atoms with Crippen LogP contribution in [0.25, 0.3) is 0 Å². The van der Waals surface area contributed by atoms with Crippen LogP contribution < -0.4 is 0 Å². The fourth-order valence-corrected chi connectivity index (χ4v) is 8.51. The molecule has 0 radical (unpaired) electrons. The molecule has 1 aliphatic heterocycles. The molecule has 1 rings (SSSR count). The molecule has 344 valence electrons. The molecule has 0 N–H and O–H groups in total. The number of nitrogens with zero attached hydrogens (tertiary/aromatic N) is 1. The lowest BCUT2D eigenvalue weighted by Gasteiger charge is -2.29. The first-order valence-corrected chi connectivity index (χ1v) is 25.5. The SMILES string of the molecule is CCCCC(CCCC)CCOC(=O)CCCCCCCCCC1(CCCCCCCCCC(=O)OCCC(CCCC)CCCC)OCC(CCN(C)C(C)C)O1. The van der Waals surface area contributed by atoms with E-state index in [-0.39, 0.29) is 18.0 Å². The molecule has 0 aromatic carbocycles. The molecule has 0 aliphatic carbocycles. The van der Waals surface area contributed by atoms with Crippen LogP contribution in [0, 0.1) is 11.8 Å². The Morgan fingerprint density at radius 2 is 0.948 bits per heavy atom. The first kappa shape index (κ1) is 54.8. The van der Waals surface area contributed by atoms with Crippen LogP contribution in [0.15, 0.2) is 0 Å². The smallest absolute Gasteiger partial charge is 0.305 e. The van der Waals surface area contributed by atoms with E-state index in [1.807, 2.05) is 0 Å². The lowest BCUT2D eigenvalue weighted by Crippen LogP contribution is -2.33. The maximum Gasteiger partial charge on any atom is 0.305 e. The van der Waals surface area contributed by atoms with Crippen LogP contribution in [-0.2, 0) is 28.5 Å². The van der Waals surface area contributed by atoms with Gasteiger partial charge in [-0.05, 0) is 77.7 Å².